The van der Waals surface area contributed by atoms with Crippen molar-refractivity contribution in [1.29, 1.82) is 0 Å². The molecule has 0 atom stereocenters. The fraction of sp³-hybridized carbons (Fsp3) is 0.208. The molecule has 0 radical (unpaired) electrons. The minimum absolute atomic E-state index is 0.157. The molecule has 1 saturated heterocycles. The summed E-state index contributed by atoms with van der Waals surface area (Å²) in [7, 11) is 1.51. The Kier molecular flexibility index (Phi) is 8.51. The molecular formula is C24H24N2O5S2. The third-order valence-corrected chi connectivity index (χ3v) is 5.86. The van der Waals surface area contributed by atoms with Crippen molar-refractivity contribution in [2.75, 3.05) is 32.2 Å². The Balaban J connectivity index is 1.63. The number of carbonyl (C=O) groups is 2. The zero-order valence-electron chi connectivity index (χ0n) is 18.3. The maximum atomic E-state index is 12.5. The second kappa shape index (κ2) is 11.5. The van der Waals surface area contributed by atoms with Crippen molar-refractivity contribution in [2.45, 2.75) is 6.92 Å². The molecule has 0 bridgehead atoms. The number of carbonyl (C=O) groups excluding carboxylic acids is 2. The topological polar surface area (TPSA) is 77.1 Å². The van der Waals surface area contributed by atoms with Gasteiger partial charge in [-0.05, 0) is 55.0 Å². The Labute approximate surface area is 202 Å². The number of benzene rings is 2. The lowest BCUT2D eigenvalue weighted by atomic mass is 10.2. The minimum atomic E-state index is -0.309. The van der Waals surface area contributed by atoms with E-state index in [0.29, 0.717) is 39.6 Å². The molecule has 3 rings (SSSR count). The van der Waals surface area contributed by atoms with Crippen molar-refractivity contribution in [1.82, 2.24) is 4.90 Å². The smallest absolute Gasteiger partial charge is 0.266 e. The van der Waals surface area contributed by atoms with Crippen LogP contribution in [0.5, 0.6) is 17.2 Å². The summed E-state index contributed by atoms with van der Waals surface area (Å²) < 4.78 is 16.9. The first kappa shape index (κ1) is 24.3. The quantitative estimate of drug-likeness (QED) is 0.302. The highest BCUT2D eigenvalue weighted by atomic mass is 32.2. The van der Waals surface area contributed by atoms with Crippen LogP contribution in [0.15, 0.2) is 60.0 Å². The van der Waals surface area contributed by atoms with Gasteiger partial charge in [-0.25, -0.2) is 0 Å². The third kappa shape index (κ3) is 6.36. The number of hydrogen-bond acceptors (Lipinski definition) is 7. The summed E-state index contributed by atoms with van der Waals surface area (Å²) >= 11 is 6.50. The van der Waals surface area contributed by atoms with E-state index >= 15 is 0 Å². The Morgan fingerprint density at radius 1 is 1.18 bits per heavy atom. The second-order valence-corrected chi connectivity index (χ2v) is 8.46. The highest BCUT2D eigenvalue weighted by Crippen LogP contribution is 2.34. The molecule has 0 spiro atoms. The van der Waals surface area contributed by atoms with Crippen molar-refractivity contribution in [2.24, 2.45) is 0 Å². The molecule has 1 heterocycles. The van der Waals surface area contributed by atoms with Crippen LogP contribution in [0, 0.1) is 0 Å². The normalized spacial score (nSPS) is 14.4. The van der Waals surface area contributed by atoms with Gasteiger partial charge in [0.15, 0.2) is 18.1 Å². The highest BCUT2D eigenvalue weighted by Gasteiger charge is 2.31. The Morgan fingerprint density at radius 3 is 2.61 bits per heavy atom. The van der Waals surface area contributed by atoms with Gasteiger partial charge >= 0.3 is 0 Å². The molecule has 1 fully saturated rings. The molecule has 0 aromatic heterocycles. The Bertz CT molecular complexity index is 1080. The molecule has 0 unspecified atom stereocenters. The van der Waals surface area contributed by atoms with Crippen molar-refractivity contribution in [3.8, 4) is 17.2 Å². The number of ether oxygens (including phenoxy) is 3. The number of thioether (sulfide) groups is 1. The van der Waals surface area contributed by atoms with Crippen molar-refractivity contribution in [3.63, 3.8) is 0 Å². The summed E-state index contributed by atoms with van der Waals surface area (Å²) in [6, 6.07) is 12.3. The molecule has 2 amide bonds. The first-order valence-corrected chi connectivity index (χ1v) is 11.4. The van der Waals surface area contributed by atoms with Crippen LogP contribution in [0.1, 0.15) is 12.5 Å². The minimum Gasteiger partial charge on any atom is -0.494 e. The number of rotatable bonds is 10. The fourth-order valence-electron chi connectivity index (χ4n) is 2.97. The number of methoxy groups -OCH3 is 1. The van der Waals surface area contributed by atoms with Crippen LogP contribution in [0.3, 0.4) is 0 Å². The summed E-state index contributed by atoms with van der Waals surface area (Å²) in [4.78, 5) is 26.8. The number of anilines is 1. The van der Waals surface area contributed by atoms with Crippen LogP contribution in [0.25, 0.3) is 6.08 Å². The standard InChI is InChI=1S/C24H24N2O5S2/c1-4-12-26-23(28)21(33-24(26)32)14-16-6-11-19(20(13-16)29-3)31-15-22(27)25-17-7-9-18(10-8-17)30-5-2/h4,6-11,13-14H,1,5,12,15H2,2-3H3,(H,25,27)/b21-14-. The van der Waals surface area contributed by atoms with E-state index < -0.39 is 0 Å². The van der Waals surface area contributed by atoms with E-state index in [4.69, 9.17) is 26.4 Å². The van der Waals surface area contributed by atoms with Crippen molar-refractivity contribution < 1.29 is 23.8 Å². The first-order valence-electron chi connectivity index (χ1n) is 10.1. The molecule has 9 heteroatoms. The third-order valence-electron chi connectivity index (χ3n) is 4.48. The van der Waals surface area contributed by atoms with Gasteiger partial charge in [-0.1, -0.05) is 36.1 Å². The SMILES string of the molecule is C=CCN1C(=O)/C(=C/c2ccc(OCC(=O)Nc3ccc(OCC)cc3)c(OC)c2)SC1=S. The molecule has 7 nitrogen and oxygen atoms in total. The van der Waals surface area contributed by atoms with E-state index in [9.17, 15) is 9.59 Å². The predicted octanol–water partition coefficient (Wildman–Crippen LogP) is 4.50. The van der Waals surface area contributed by atoms with Gasteiger partial charge in [0.25, 0.3) is 11.8 Å². The summed E-state index contributed by atoms with van der Waals surface area (Å²) in [6.07, 6.45) is 3.38. The second-order valence-electron chi connectivity index (χ2n) is 6.79. The van der Waals surface area contributed by atoms with Crippen LogP contribution in [0.2, 0.25) is 0 Å². The molecule has 172 valence electrons. The van der Waals surface area contributed by atoms with Crippen LogP contribution in [-0.2, 0) is 9.59 Å². The Hall–Kier alpha value is -3.30. The maximum absolute atomic E-state index is 12.5. The van der Waals surface area contributed by atoms with Gasteiger partial charge in [-0.15, -0.1) is 6.58 Å². The van der Waals surface area contributed by atoms with Gasteiger partial charge in [-0.2, -0.15) is 0 Å². The van der Waals surface area contributed by atoms with Crippen LogP contribution >= 0.6 is 24.0 Å². The van der Waals surface area contributed by atoms with E-state index in [1.54, 1.807) is 54.6 Å². The summed E-state index contributed by atoms with van der Waals surface area (Å²) in [6.45, 7) is 6.32. The number of nitrogens with zero attached hydrogens (tertiary/aromatic N) is 1. The summed E-state index contributed by atoms with van der Waals surface area (Å²) in [5.74, 6) is 1.13. The van der Waals surface area contributed by atoms with E-state index in [1.807, 2.05) is 6.92 Å². The lowest BCUT2D eigenvalue weighted by Crippen LogP contribution is -2.27. The van der Waals surface area contributed by atoms with Gasteiger partial charge in [0.2, 0.25) is 0 Å². The average Bonchev–Trinajstić information content (AvgIpc) is 3.07. The predicted molar refractivity (Wildman–Crippen MR) is 135 cm³/mol. The number of thiocarbonyl (C=S) groups is 1. The monoisotopic (exact) mass is 484 g/mol. The zero-order chi connectivity index (χ0) is 23.8. The molecule has 0 aliphatic carbocycles. The van der Waals surface area contributed by atoms with Gasteiger partial charge in [0.05, 0.1) is 18.6 Å². The van der Waals surface area contributed by atoms with Crippen molar-refractivity contribution in [3.05, 3.63) is 65.6 Å². The van der Waals surface area contributed by atoms with E-state index in [0.717, 1.165) is 11.3 Å². The molecule has 33 heavy (non-hydrogen) atoms. The zero-order valence-corrected chi connectivity index (χ0v) is 20.0. The fourth-order valence-corrected chi connectivity index (χ4v) is 4.25. The number of nitrogens with one attached hydrogen (secondary N) is 1. The molecule has 2 aromatic rings. The van der Waals surface area contributed by atoms with E-state index in [-0.39, 0.29) is 18.4 Å². The van der Waals surface area contributed by atoms with Crippen LogP contribution in [-0.4, -0.2) is 47.9 Å². The van der Waals surface area contributed by atoms with Crippen LogP contribution < -0.4 is 19.5 Å². The molecule has 1 aliphatic heterocycles. The van der Waals surface area contributed by atoms with Crippen LogP contribution in [0.4, 0.5) is 5.69 Å². The molecule has 2 aromatic carbocycles. The lowest BCUT2D eigenvalue weighted by Gasteiger charge is -2.12. The van der Waals surface area contributed by atoms with Gasteiger partial charge in [0.1, 0.15) is 10.1 Å². The van der Waals surface area contributed by atoms with Crippen molar-refractivity contribution >= 4 is 51.9 Å². The molecule has 1 aliphatic rings. The number of hydrogen-bond donors (Lipinski definition) is 1. The highest BCUT2D eigenvalue weighted by molar-refractivity contribution is 8.26. The molecular weight excluding hydrogens is 460 g/mol. The largest absolute Gasteiger partial charge is 0.494 e. The van der Waals surface area contributed by atoms with E-state index in [1.165, 1.54) is 23.8 Å². The summed E-state index contributed by atoms with van der Waals surface area (Å²) in [5, 5.41) is 2.77. The van der Waals surface area contributed by atoms with Gasteiger partial charge in [-0.3, -0.25) is 14.5 Å². The Morgan fingerprint density at radius 2 is 1.94 bits per heavy atom. The number of amides is 2. The van der Waals surface area contributed by atoms with Gasteiger partial charge < -0.3 is 19.5 Å². The molecule has 0 saturated carbocycles. The van der Waals surface area contributed by atoms with E-state index in [2.05, 4.69) is 11.9 Å². The maximum Gasteiger partial charge on any atom is 0.266 e. The summed E-state index contributed by atoms with van der Waals surface area (Å²) in [5.41, 5.74) is 1.39. The average molecular weight is 485 g/mol. The lowest BCUT2D eigenvalue weighted by molar-refractivity contribution is -0.121. The first-order chi connectivity index (χ1) is 15.9. The molecule has 1 N–H and O–H groups in total. The van der Waals surface area contributed by atoms with Gasteiger partial charge in [0, 0.05) is 12.2 Å².